The molecule has 2 saturated heterocycles. The number of carbonyl (C=O) groups is 2. The molecular formula is C22H32N4O4S. The van der Waals surface area contributed by atoms with Gasteiger partial charge in [0.2, 0.25) is 15.9 Å². The normalized spacial score (nSPS) is 22.1. The lowest BCUT2D eigenvalue weighted by atomic mass is 10.1. The van der Waals surface area contributed by atoms with E-state index in [1.165, 1.54) is 49.0 Å². The van der Waals surface area contributed by atoms with Crippen LogP contribution in [0.2, 0.25) is 0 Å². The maximum absolute atomic E-state index is 12.9. The van der Waals surface area contributed by atoms with Crippen LogP contribution in [0, 0.1) is 0 Å². The highest BCUT2D eigenvalue weighted by Crippen LogP contribution is 2.25. The molecule has 31 heavy (non-hydrogen) atoms. The molecule has 170 valence electrons. The van der Waals surface area contributed by atoms with Crippen molar-refractivity contribution in [3.05, 3.63) is 29.8 Å². The van der Waals surface area contributed by atoms with Crippen LogP contribution in [0.25, 0.3) is 0 Å². The minimum Gasteiger partial charge on any atom is -0.340 e. The van der Waals surface area contributed by atoms with Crippen molar-refractivity contribution in [1.82, 2.24) is 19.0 Å². The fraction of sp³-hybridized carbons (Fsp3) is 0.636. The van der Waals surface area contributed by atoms with Gasteiger partial charge < -0.3 is 9.80 Å². The minimum atomic E-state index is -3.63. The first-order valence-corrected chi connectivity index (χ1v) is 12.7. The van der Waals surface area contributed by atoms with Gasteiger partial charge in [0.1, 0.15) is 0 Å². The highest BCUT2D eigenvalue weighted by Gasteiger charge is 2.30. The fourth-order valence-corrected chi connectivity index (χ4v) is 6.33. The third kappa shape index (κ3) is 4.78. The Balaban J connectivity index is 1.35. The van der Waals surface area contributed by atoms with Crippen molar-refractivity contribution >= 4 is 21.8 Å². The van der Waals surface area contributed by atoms with E-state index in [1.807, 2.05) is 4.90 Å². The molecule has 3 aliphatic rings. The van der Waals surface area contributed by atoms with Gasteiger partial charge in [-0.15, -0.1) is 0 Å². The number of nitrogens with zero attached hydrogens (tertiary/aromatic N) is 4. The zero-order chi connectivity index (χ0) is 22.0. The smallest absolute Gasteiger partial charge is 0.253 e. The van der Waals surface area contributed by atoms with Gasteiger partial charge in [0.15, 0.2) is 0 Å². The molecule has 1 saturated carbocycles. The van der Waals surface area contributed by atoms with Gasteiger partial charge in [-0.1, -0.05) is 12.8 Å². The molecule has 1 aliphatic carbocycles. The molecule has 4 rings (SSSR count). The van der Waals surface area contributed by atoms with Crippen LogP contribution in [0.15, 0.2) is 29.2 Å². The summed E-state index contributed by atoms with van der Waals surface area (Å²) in [6.07, 6.45) is 5.17. The van der Waals surface area contributed by atoms with Crippen molar-refractivity contribution in [2.75, 3.05) is 52.4 Å². The molecule has 1 aromatic carbocycles. The van der Waals surface area contributed by atoms with Crippen molar-refractivity contribution in [2.45, 2.75) is 43.5 Å². The molecular weight excluding hydrogens is 416 g/mol. The molecule has 0 N–H and O–H groups in total. The largest absolute Gasteiger partial charge is 0.340 e. The molecule has 1 aromatic rings. The van der Waals surface area contributed by atoms with Crippen LogP contribution < -0.4 is 0 Å². The summed E-state index contributed by atoms with van der Waals surface area (Å²) in [5.41, 5.74) is 0.523. The van der Waals surface area contributed by atoms with Gasteiger partial charge in [0, 0.05) is 70.9 Å². The van der Waals surface area contributed by atoms with Crippen molar-refractivity contribution in [2.24, 2.45) is 0 Å². The van der Waals surface area contributed by atoms with Crippen molar-refractivity contribution < 1.29 is 18.0 Å². The number of piperazine rings is 2. The van der Waals surface area contributed by atoms with Crippen LogP contribution in [0.1, 0.15) is 43.0 Å². The molecule has 9 heteroatoms. The van der Waals surface area contributed by atoms with E-state index in [1.54, 1.807) is 17.0 Å². The number of benzene rings is 1. The highest BCUT2D eigenvalue weighted by atomic mass is 32.2. The number of hydrogen-bond acceptors (Lipinski definition) is 5. The average molecular weight is 449 g/mol. The number of sulfonamides is 1. The second kappa shape index (κ2) is 9.26. The Kier molecular flexibility index (Phi) is 6.64. The van der Waals surface area contributed by atoms with E-state index in [4.69, 9.17) is 0 Å². The lowest BCUT2D eigenvalue weighted by Gasteiger charge is -2.38. The molecule has 3 fully saturated rings. The monoisotopic (exact) mass is 448 g/mol. The van der Waals surface area contributed by atoms with Gasteiger partial charge in [-0.3, -0.25) is 14.5 Å². The Morgan fingerprint density at radius 3 is 1.90 bits per heavy atom. The Morgan fingerprint density at radius 2 is 1.35 bits per heavy atom. The molecule has 0 bridgehead atoms. The first-order valence-electron chi connectivity index (χ1n) is 11.3. The zero-order valence-electron chi connectivity index (χ0n) is 18.2. The van der Waals surface area contributed by atoms with Crippen LogP contribution in [0.3, 0.4) is 0 Å². The van der Waals surface area contributed by atoms with Crippen LogP contribution in [-0.2, 0) is 14.8 Å². The number of hydrogen-bond donors (Lipinski definition) is 0. The van der Waals surface area contributed by atoms with Gasteiger partial charge in [-0.2, -0.15) is 4.31 Å². The average Bonchev–Trinajstić information content (AvgIpc) is 3.34. The summed E-state index contributed by atoms with van der Waals surface area (Å²) in [4.78, 5) is 30.6. The van der Waals surface area contributed by atoms with Gasteiger partial charge in [-0.05, 0) is 37.1 Å². The Bertz CT molecular complexity index is 896. The summed E-state index contributed by atoms with van der Waals surface area (Å²) >= 11 is 0. The van der Waals surface area contributed by atoms with E-state index >= 15 is 0 Å². The summed E-state index contributed by atoms with van der Waals surface area (Å²) < 4.78 is 27.3. The molecule has 0 radical (unpaired) electrons. The Hall–Kier alpha value is -1.97. The van der Waals surface area contributed by atoms with Crippen molar-refractivity contribution in [3.63, 3.8) is 0 Å². The SMILES string of the molecule is CC(=O)N1CCN(S(=O)(=O)c2ccc(C(=O)N3CCN(C4CCCC4)CC3)cc2)CC1. The van der Waals surface area contributed by atoms with Gasteiger partial charge in [0.25, 0.3) is 5.91 Å². The Labute approximate surface area is 184 Å². The van der Waals surface area contributed by atoms with E-state index in [0.29, 0.717) is 24.7 Å². The first kappa shape index (κ1) is 22.2. The number of carbonyl (C=O) groups excluding carboxylic acids is 2. The van der Waals surface area contributed by atoms with Crippen LogP contribution >= 0.6 is 0 Å². The summed E-state index contributed by atoms with van der Waals surface area (Å²) in [5, 5.41) is 0. The topological polar surface area (TPSA) is 81.2 Å². The molecule has 0 aromatic heterocycles. The summed E-state index contributed by atoms with van der Waals surface area (Å²) in [6.45, 7) is 6.13. The zero-order valence-corrected chi connectivity index (χ0v) is 19.0. The van der Waals surface area contributed by atoms with Crippen molar-refractivity contribution in [1.29, 1.82) is 0 Å². The second-order valence-electron chi connectivity index (χ2n) is 8.70. The quantitative estimate of drug-likeness (QED) is 0.692. The van der Waals surface area contributed by atoms with Gasteiger partial charge in [-0.25, -0.2) is 8.42 Å². The third-order valence-corrected chi connectivity index (χ3v) is 8.78. The van der Waals surface area contributed by atoms with Crippen molar-refractivity contribution in [3.8, 4) is 0 Å². The van der Waals surface area contributed by atoms with E-state index in [2.05, 4.69) is 4.90 Å². The summed E-state index contributed by atoms with van der Waals surface area (Å²) in [5.74, 6) is -0.0749. The summed E-state index contributed by atoms with van der Waals surface area (Å²) in [7, 11) is -3.63. The van der Waals surface area contributed by atoms with Crippen LogP contribution in [-0.4, -0.2) is 97.6 Å². The standard InChI is InChI=1S/C22H32N4O4S/c1-18(27)23-14-16-26(17-15-23)31(29,30)21-8-6-19(7-9-21)22(28)25-12-10-24(11-13-25)20-4-2-3-5-20/h6-9,20H,2-5,10-17H2,1H3. The number of rotatable bonds is 4. The fourth-order valence-electron chi connectivity index (χ4n) is 4.90. The second-order valence-corrected chi connectivity index (χ2v) is 10.6. The van der Waals surface area contributed by atoms with Crippen LogP contribution in [0.4, 0.5) is 0 Å². The van der Waals surface area contributed by atoms with E-state index in [0.717, 1.165) is 26.2 Å². The molecule has 0 unspecified atom stereocenters. The predicted molar refractivity (Wildman–Crippen MR) is 117 cm³/mol. The van der Waals surface area contributed by atoms with Crippen LogP contribution in [0.5, 0.6) is 0 Å². The molecule has 0 atom stereocenters. The maximum atomic E-state index is 12.9. The molecule has 2 heterocycles. The summed E-state index contributed by atoms with van der Waals surface area (Å²) in [6, 6.07) is 6.96. The molecule has 2 aliphatic heterocycles. The predicted octanol–water partition coefficient (Wildman–Crippen LogP) is 1.24. The van der Waals surface area contributed by atoms with Gasteiger partial charge in [0.05, 0.1) is 4.90 Å². The third-order valence-electron chi connectivity index (χ3n) is 6.87. The molecule has 8 nitrogen and oxygen atoms in total. The number of amides is 2. The maximum Gasteiger partial charge on any atom is 0.253 e. The van der Waals surface area contributed by atoms with E-state index in [9.17, 15) is 18.0 Å². The minimum absolute atomic E-state index is 0.0370. The van der Waals surface area contributed by atoms with E-state index < -0.39 is 10.0 Å². The Morgan fingerprint density at radius 1 is 0.806 bits per heavy atom. The first-order chi connectivity index (χ1) is 14.9. The lowest BCUT2D eigenvalue weighted by molar-refractivity contribution is -0.129. The molecule has 0 spiro atoms. The van der Waals surface area contributed by atoms with E-state index in [-0.39, 0.29) is 29.8 Å². The highest BCUT2D eigenvalue weighted by molar-refractivity contribution is 7.89. The lowest BCUT2D eigenvalue weighted by Crippen LogP contribution is -2.51. The van der Waals surface area contributed by atoms with Gasteiger partial charge >= 0.3 is 0 Å². The molecule has 2 amide bonds.